The molecule has 5 atom stereocenters. The Labute approximate surface area is 291 Å². The standard InChI is InChI=1S/C39H43NO10/c1-27-36(31-17-10-5-11-18-31)50-39(46)40(27)38(45)34(23-29-13-6-3-7-14-29)37(49-28(2)42)35(44)21-20-32(43)19-12-22-47-26-33(24-41)48-25-30-15-8-4-9-16-30/h3-11,13-18,20-21,27,33-34,36-37,41H,12,19,22-26H2,1-2H3. The van der Waals surface area contributed by atoms with Gasteiger partial charge in [0, 0.05) is 20.0 Å². The van der Waals surface area contributed by atoms with Crippen LogP contribution in [-0.2, 0) is 51.2 Å². The van der Waals surface area contributed by atoms with Crippen LogP contribution in [0.25, 0.3) is 0 Å². The molecule has 50 heavy (non-hydrogen) atoms. The van der Waals surface area contributed by atoms with Crippen LogP contribution in [0.2, 0.25) is 0 Å². The van der Waals surface area contributed by atoms with Crippen LogP contribution < -0.4 is 0 Å². The zero-order chi connectivity index (χ0) is 35.9. The minimum absolute atomic E-state index is 0.0289. The maximum atomic E-state index is 14.2. The van der Waals surface area contributed by atoms with Crippen molar-refractivity contribution in [2.24, 2.45) is 5.92 Å². The molecular formula is C39H43NO10. The molecule has 1 heterocycles. The van der Waals surface area contributed by atoms with Gasteiger partial charge in [-0.25, -0.2) is 9.69 Å². The lowest BCUT2D eigenvalue weighted by Gasteiger charge is -2.28. The van der Waals surface area contributed by atoms with Crippen LogP contribution in [0.5, 0.6) is 0 Å². The summed E-state index contributed by atoms with van der Waals surface area (Å²) >= 11 is 0. The number of hydrogen-bond acceptors (Lipinski definition) is 10. The fourth-order valence-electron chi connectivity index (χ4n) is 5.59. The molecule has 5 unspecified atom stereocenters. The summed E-state index contributed by atoms with van der Waals surface area (Å²) in [7, 11) is 0. The predicted octanol–water partition coefficient (Wildman–Crippen LogP) is 4.95. The molecule has 264 valence electrons. The quantitative estimate of drug-likeness (QED) is 0.104. The van der Waals surface area contributed by atoms with Gasteiger partial charge in [0.05, 0.1) is 31.8 Å². The Morgan fingerprint density at radius 3 is 2.14 bits per heavy atom. The molecule has 11 heteroatoms. The van der Waals surface area contributed by atoms with Crippen molar-refractivity contribution in [2.45, 2.75) is 64.1 Å². The molecule has 1 N–H and O–H groups in total. The molecule has 1 aliphatic heterocycles. The van der Waals surface area contributed by atoms with E-state index in [1.165, 1.54) is 0 Å². The van der Waals surface area contributed by atoms with Crippen molar-refractivity contribution >= 4 is 29.5 Å². The zero-order valence-electron chi connectivity index (χ0n) is 28.2. The Kier molecular flexibility index (Phi) is 14.6. The van der Waals surface area contributed by atoms with Gasteiger partial charge in [-0.15, -0.1) is 0 Å². The normalized spacial score (nSPS) is 17.6. The summed E-state index contributed by atoms with van der Waals surface area (Å²) in [5, 5.41) is 9.59. The number of aliphatic hydroxyl groups excluding tert-OH is 1. The first-order valence-corrected chi connectivity index (χ1v) is 16.6. The monoisotopic (exact) mass is 685 g/mol. The van der Waals surface area contributed by atoms with Gasteiger partial charge in [0.25, 0.3) is 0 Å². The van der Waals surface area contributed by atoms with Crippen LogP contribution in [0.1, 0.15) is 49.5 Å². The summed E-state index contributed by atoms with van der Waals surface area (Å²) < 4.78 is 22.3. The summed E-state index contributed by atoms with van der Waals surface area (Å²) in [5.41, 5.74) is 2.34. The molecule has 0 spiro atoms. The molecule has 4 rings (SSSR count). The Balaban J connectivity index is 1.39. The smallest absolute Gasteiger partial charge is 0.417 e. The molecule has 3 aromatic rings. The highest BCUT2D eigenvalue weighted by molar-refractivity contribution is 6.04. The molecule has 0 aliphatic carbocycles. The minimum atomic E-state index is -1.62. The number of aliphatic hydroxyl groups is 1. The maximum absolute atomic E-state index is 14.2. The molecule has 2 amide bonds. The van der Waals surface area contributed by atoms with E-state index in [4.69, 9.17) is 18.9 Å². The van der Waals surface area contributed by atoms with Gasteiger partial charge in [-0.3, -0.25) is 19.2 Å². The molecule has 1 saturated heterocycles. The maximum Gasteiger partial charge on any atom is 0.417 e. The SMILES string of the molecule is CC(=O)OC(C(=O)C=CC(=O)CCCOCC(CO)OCc1ccccc1)C(Cc1ccccc1)C(=O)N1C(=O)OC(c2ccccc2)C1C. The highest BCUT2D eigenvalue weighted by Gasteiger charge is 2.48. The Morgan fingerprint density at radius 1 is 0.900 bits per heavy atom. The third-order valence-electron chi connectivity index (χ3n) is 8.17. The van der Waals surface area contributed by atoms with Crippen LogP contribution >= 0.6 is 0 Å². The number of carbonyl (C=O) groups excluding carboxylic acids is 5. The number of ether oxygens (including phenoxy) is 4. The molecule has 1 fully saturated rings. The number of esters is 1. The molecule has 0 bridgehead atoms. The van der Waals surface area contributed by atoms with E-state index in [1.807, 2.05) is 36.4 Å². The van der Waals surface area contributed by atoms with E-state index in [2.05, 4.69) is 0 Å². The lowest BCUT2D eigenvalue weighted by Crippen LogP contribution is -2.48. The highest BCUT2D eigenvalue weighted by atomic mass is 16.6. The predicted molar refractivity (Wildman–Crippen MR) is 182 cm³/mol. The van der Waals surface area contributed by atoms with Crippen molar-refractivity contribution in [2.75, 3.05) is 19.8 Å². The third-order valence-corrected chi connectivity index (χ3v) is 8.17. The van der Waals surface area contributed by atoms with E-state index >= 15 is 0 Å². The minimum Gasteiger partial charge on any atom is -0.453 e. The Morgan fingerprint density at radius 2 is 1.52 bits per heavy atom. The van der Waals surface area contributed by atoms with Crippen LogP contribution in [0.3, 0.4) is 0 Å². The molecular weight excluding hydrogens is 642 g/mol. The summed E-state index contributed by atoms with van der Waals surface area (Å²) in [6.45, 7) is 3.25. The van der Waals surface area contributed by atoms with Gasteiger partial charge >= 0.3 is 12.1 Å². The topological polar surface area (TPSA) is 146 Å². The first kappa shape index (κ1) is 37.8. The summed E-state index contributed by atoms with van der Waals surface area (Å²) in [4.78, 5) is 66.7. The average Bonchev–Trinajstić information content (AvgIpc) is 3.43. The lowest BCUT2D eigenvalue weighted by atomic mass is 9.89. The van der Waals surface area contributed by atoms with Crippen molar-refractivity contribution in [1.82, 2.24) is 4.90 Å². The molecule has 0 radical (unpaired) electrons. The van der Waals surface area contributed by atoms with Crippen molar-refractivity contribution < 1.29 is 48.0 Å². The molecule has 1 aliphatic rings. The number of hydrogen-bond donors (Lipinski definition) is 1. The van der Waals surface area contributed by atoms with Crippen molar-refractivity contribution in [3.05, 3.63) is 120 Å². The Hall–Kier alpha value is -4.97. The average molecular weight is 686 g/mol. The van der Waals surface area contributed by atoms with Crippen LogP contribution in [0.15, 0.2) is 103 Å². The van der Waals surface area contributed by atoms with E-state index in [1.54, 1.807) is 61.5 Å². The third kappa shape index (κ3) is 11.0. The first-order chi connectivity index (χ1) is 24.2. The van der Waals surface area contributed by atoms with E-state index in [0.717, 1.165) is 29.5 Å². The molecule has 0 aromatic heterocycles. The lowest BCUT2D eigenvalue weighted by molar-refractivity contribution is -0.158. The number of benzene rings is 3. The summed E-state index contributed by atoms with van der Waals surface area (Å²) in [6.07, 6.45) is -1.29. The van der Waals surface area contributed by atoms with Crippen LogP contribution in [0.4, 0.5) is 4.79 Å². The highest BCUT2D eigenvalue weighted by Crippen LogP contribution is 2.34. The van der Waals surface area contributed by atoms with Crippen LogP contribution in [-0.4, -0.2) is 77.6 Å². The number of allylic oxidation sites excluding steroid dienone is 1. The number of cyclic esters (lactones) is 1. The van der Waals surface area contributed by atoms with Crippen molar-refractivity contribution in [3.8, 4) is 0 Å². The van der Waals surface area contributed by atoms with Crippen molar-refractivity contribution in [3.63, 3.8) is 0 Å². The van der Waals surface area contributed by atoms with Gasteiger partial charge < -0.3 is 24.1 Å². The fourth-order valence-corrected chi connectivity index (χ4v) is 5.59. The number of nitrogens with zero attached hydrogens (tertiary/aromatic N) is 1. The Bertz CT molecular complexity index is 1590. The number of carbonyl (C=O) groups is 5. The largest absolute Gasteiger partial charge is 0.453 e. The van der Waals surface area contributed by atoms with Gasteiger partial charge in [0.1, 0.15) is 12.2 Å². The van der Waals surface area contributed by atoms with Crippen molar-refractivity contribution in [1.29, 1.82) is 0 Å². The second kappa shape index (κ2) is 19.3. The number of amides is 2. The zero-order valence-corrected chi connectivity index (χ0v) is 28.2. The second-order valence-corrected chi connectivity index (χ2v) is 12.0. The van der Waals surface area contributed by atoms with E-state index < -0.39 is 54.0 Å². The second-order valence-electron chi connectivity index (χ2n) is 12.0. The fraction of sp³-hybridized carbons (Fsp3) is 0.359. The van der Waals surface area contributed by atoms with E-state index in [0.29, 0.717) is 24.2 Å². The summed E-state index contributed by atoms with van der Waals surface area (Å²) in [5.74, 6) is -4.00. The molecule has 11 nitrogen and oxygen atoms in total. The first-order valence-electron chi connectivity index (χ1n) is 16.6. The molecule has 0 saturated carbocycles. The van der Waals surface area contributed by atoms with Gasteiger partial charge in [-0.1, -0.05) is 91.0 Å². The number of ketones is 2. The number of rotatable bonds is 19. The number of imide groups is 1. The van der Waals surface area contributed by atoms with E-state index in [9.17, 15) is 29.1 Å². The van der Waals surface area contributed by atoms with E-state index in [-0.39, 0.29) is 38.4 Å². The van der Waals surface area contributed by atoms with Gasteiger partial charge in [-0.05, 0) is 48.6 Å². The van der Waals surface area contributed by atoms with Crippen LogP contribution in [0, 0.1) is 5.92 Å². The summed E-state index contributed by atoms with van der Waals surface area (Å²) in [6, 6.07) is 26.6. The van der Waals surface area contributed by atoms with Gasteiger partial charge in [0.15, 0.2) is 17.7 Å². The molecule has 3 aromatic carbocycles. The van der Waals surface area contributed by atoms with Gasteiger partial charge in [0.2, 0.25) is 5.91 Å². The van der Waals surface area contributed by atoms with Gasteiger partial charge in [-0.2, -0.15) is 0 Å².